The summed E-state index contributed by atoms with van der Waals surface area (Å²) in [6, 6.07) is -0.677. The predicted octanol–water partition coefficient (Wildman–Crippen LogP) is -0.172. The minimum Gasteiger partial charge on any atom is -0.438 e. The largest absolute Gasteiger partial charge is 0.508 e. The SMILES string of the molecule is COC(=O)OC1CCC(=O)C1N. The maximum atomic E-state index is 10.9. The Labute approximate surface area is 69.8 Å². The van der Waals surface area contributed by atoms with Gasteiger partial charge in [0.1, 0.15) is 12.1 Å². The van der Waals surface area contributed by atoms with Crippen molar-refractivity contribution in [1.29, 1.82) is 0 Å². The number of hydrogen-bond acceptors (Lipinski definition) is 5. The van der Waals surface area contributed by atoms with E-state index in [2.05, 4.69) is 4.74 Å². The van der Waals surface area contributed by atoms with Crippen molar-refractivity contribution in [1.82, 2.24) is 0 Å². The second-order valence-corrected chi connectivity index (χ2v) is 2.64. The third kappa shape index (κ3) is 1.73. The first-order chi connectivity index (χ1) is 5.65. The molecule has 0 aromatic heterocycles. The zero-order valence-corrected chi connectivity index (χ0v) is 6.78. The van der Waals surface area contributed by atoms with Crippen LogP contribution in [0, 0.1) is 0 Å². The molecule has 68 valence electrons. The van der Waals surface area contributed by atoms with Gasteiger partial charge in [-0.25, -0.2) is 4.79 Å². The molecule has 1 rings (SSSR count). The summed E-state index contributed by atoms with van der Waals surface area (Å²) in [6.45, 7) is 0. The molecule has 1 aliphatic carbocycles. The summed E-state index contributed by atoms with van der Waals surface area (Å²) < 4.78 is 9.00. The van der Waals surface area contributed by atoms with Gasteiger partial charge in [-0.2, -0.15) is 0 Å². The summed E-state index contributed by atoms with van der Waals surface area (Å²) in [7, 11) is 1.21. The van der Waals surface area contributed by atoms with E-state index in [-0.39, 0.29) is 5.78 Å². The highest BCUT2D eigenvalue weighted by Gasteiger charge is 2.34. The lowest BCUT2D eigenvalue weighted by atomic mass is 10.2. The van der Waals surface area contributed by atoms with E-state index in [1.54, 1.807) is 0 Å². The first kappa shape index (κ1) is 8.99. The Morgan fingerprint density at radius 1 is 1.67 bits per heavy atom. The topological polar surface area (TPSA) is 78.6 Å². The van der Waals surface area contributed by atoms with Gasteiger partial charge in [-0.1, -0.05) is 0 Å². The molecule has 12 heavy (non-hydrogen) atoms. The molecule has 0 aliphatic heterocycles. The van der Waals surface area contributed by atoms with E-state index in [1.165, 1.54) is 7.11 Å². The maximum Gasteiger partial charge on any atom is 0.508 e. The summed E-state index contributed by atoms with van der Waals surface area (Å²) >= 11 is 0. The zero-order valence-electron chi connectivity index (χ0n) is 6.78. The lowest BCUT2D eigenvalue weighted by Gasteiger charge is -2.13. The summed E-state index contributed by atoms with van der Waals surface area (Å²) in [5, 5.41) is 0. The smallest absolute Gasteiger partial charge is 0.438 e. The predicted molar refractivity (Wildman–Crippen MR) is 39.5 cm³/mol. The van der Waals surface area contributed by atoms with Gasteiger partial charge in [0.2, 0.25) is 0 Å². The van der Waals surface area contributed by atoms with Gasteiger partial charge in [-0.3, -0.25) is 4.79 Å². The molecule has 0 heterocycles. The summed E-state index contributed by atoms with van der Waals surface area (Å²) in [6.07, 6.45) is -0.423. The first-order valence-electron chi connectivity index (χ1n) is 3.68. The van der Waals surface area contributed by atoms with Crippen LogP contribution in [0.4, 0.5) is 4.79 Å². The van der Waals surface area contributed by atoms with E-state index in [0.29, 0.717) is 12.8 Å². The van der Waals surface area contributed by atoms with Crippen LogP contribution in [-0.2, 0) is 14.3 Å². The Balaban J connectivity index is 2.44. The highest BCUT2D eigenvalue weighted by molar-refractivity contribution is 5.87. The molecular weight excluding hydrogens is 162 g/mol. The zero-order chi connectivity index (χ0) is 9.14. The molecule has 0 radical (unpaired) electrons. The monoisotopic (exact) mass is 173 g/mol. The molecule has 0 bridgehead atoms. The molecule has 1 aliphatic rings. The van der Waals surface area contributed by atoms with Crippen LogP contribution < -0.4 is 5.73 Å². The van der Waals surface area contributed by atoms with E-state index >= 15 is 0 Å². The average Bonchev–Trinajstić information content (AvgIpc) is 2.36. The Hall–Kier alpha value is -1.10. The number of carbonyl (C=O) groups excluding carboxylic acids is 2. The van der Waals surface area contributed by atoms with Crippen LogP contribution in [0.3, 0.4) is 0 Å². The quantitative estimate of drug-likeness (QED) is 0.557. The normalized spacial score (nSPS) is 28.7. The number of nitrogens with two attached hydrogens (primary N) is 1. The van der Waals surface area contributed by atoms with Gasteiger partial charge in [-0.15, -0.1) is 0 Å². The highest BCUT2D eigenvalue weighted by Crippen LogP contribution is 2.17. The van der Waals surface area contributed by atoms with E-state index in [0.717, 1.165) is 0 Å². The van der Waals surface area contributed by atoms with Crippen molar-refractivity contribution in [2.75, 3.05) is 7.11 Å². The van der Waals surface area contributed by atoms with Crippen LogP contribution in [0.15, 0.2) is 0 Å². The molecule has 0 aromatic rings. The van der Waals surface area contributed by atoms with Crippen LogP contribution in [0.5, 0.6) is 0 Å². The van der Waals surface area contributed by atoms with Crippen molar-refractivity contribution in [3.05, 3.63) is 0 Å². The third-order valence-electron chi connectivity index (χ3n) is 1.86. The number of ketones is 1. The van der Waals surface area contributed by atoms with Crippen LogP contribution in [-0.4, -0.2) is 31.2 Å². The fourth-order valence-corrected chi connectivity index (χ4v) is 1.14. The van der Waals surface area contributed by atoms with Crippen LogP contribution in [0.1, 0.15) is 12.8 Å². The molecule has 2 atom stereocenters. The van der Waals surface area contributed by atoms with Crippen molar-refractivity contribution in [2.24, 2.45) is 5.73 Å². The van der Waals surface area contributed by atoms with Gasteiger partial charge in [-0.05, 0) is 6.42 Å². The molecule has 5 heteroatoms. The van der Waals surface area contributed by atoms with Crippen LogP contribution in [0.2, 0.25) is 0 Å². The van der Waals surface area contributed by atoms with E-state index in [9.17, 15) is 9.59 Å². The van der Waals surface area contributed by atoms with Crippen molar-refractivity contribution < 1.29 is 19.1 Å². The number of methoxy groups -OCH3 is 1. The Bertz CT molecular complexity index is 204. The summed E-state index contributed by atoms with van der Waals surface area (Å²) in [4.78, 5) is 21.5. The minimum atomic E-state index is -0.787. The fourth-order valence-electron chi connectivity index (χ4n) is 1.14. The van der Waals surface area contributed by atoms with Crippen molar-refractivity contribution >= 4 is 11.9 Å². The van der Waals surface area contributed by atoms with Gasteiger partial charge >= 0.3 is 6.16 Å². The van der Waals surface area contributed by atoms with Crippen molar-refractivity contribution in [3.63, 3.8) is 0 Å². The Kier molecular flexibility index (Phi) is 2.65. The lowest BCUT2D eigenvalue weighted by molar-refractivity contribution is -0.119. The molecule has 1 saturated carbocycles. The van der Waals surface area contributed by atoms with E-state index < -0.39 is 18.3 Å². The molecule has 2 N–H and O–H groups in total. The van der Waals surface area contributed by atoms with Gasteiger partial charge < -0.3 is 15.2 Å². The molecule has 0 spiro atoms. The van der Waals surface area contributed by atoms with Gasteiger partial charge in [0.25, 0.3) is 0 Å². The first-order valence-corrected chi connectivity index (χ1v) is 3.68. The van der Waals surface area contributed by atoms with E-state index in [1.807, 2.05) is 0 Å². The van der Waals surface area contributed by atoms with Crippen LogP contribution in [0.25, 0.3) is 0 Å². The van der Waals surface area contributed by atoms with Gasteiger partial charge in [0.05, 0.1) is 7.11 Å². The third-order valence-corrected chi connectivity index (χ3v) is 1.86. The standard InChI is InChI=1S/C7H11NO4/c1-11-7(10)12-5-3-2-4(9)6(5)8/h5-6H,2-3,8H2,1H3. The number of rotatable bonds is 1. The lowest BCUT2D eigenvalue weighted by Crippen LogP contribution is -2.37. The van der Waals surface area contributed by atoms with Crippen molar-refractivity contribution in [3.8, 4) is 0 Å². The molecule has 0 saturated heterocycles. The highest BCUT2D eigenvalue weighted by atomic mass is 16.7. The molecular formula is C7H11NO4. The van der Waals surface area contributed by atoms with Crippen LogP contribution >= 0.6 is 0 Å². The number of Topliss-reactive ketones (excluding diaryl/α,β-unsaturated/α-hetero) is 1. The van der Waals surface area contributed by atoms with Gasteiger partial charge in [0.15, 0.2) is 5.78 Å². The summed E-state index contributed by atoms with van der Waals surface area (Å²) in [5.74, 6) is -0.0658. The molecule has 5 nitrogen and oxygen atoms in total. The minimum absolute atomic E-state index is 0.0658. The summed E-state index contributed by atoms with van der Waals surface area (Å²) in [5.41, 5.74) is 5.44. The second-order valence-electron chi connectivity index (χ2n) is 2.64. The molecule has 2 unspecified atom stereocenters. The molecule has 1 fully saturated rings. The maximum absolute atomic E-state index is 10.9. The number of hydrogen-bond donors (Lipinski definition) is 1. The Morgan fingerprint density at radius 3 is 2.75 bits per heavy atom. The molecule has 0 aromatic carbocycles. The number of carbonyl (C=O) groups is 2. The van der Waals surface area contributed by atoms with E-state index in [4.69, 9.17) is 10.5 Å². The Morgan fingerprint density at radius 2 is 2.33 bits per heavy atom. The van der Waals surface area contributed by atoms with Gasteiger partial charge in [0, 0.05) is 6.42 Å². The fraction of sp³-hybridized carbons (Fsp3) is 0.714. The molecule has 0 amide bonds. The number of ether oxygens (including phenoxy) is 2. The average molecular weight is 173 g/mol. The van der Waals surface area contributed by atoms with Crippen molar-refractivity contribution in [2.45, 2.75) is 25.0 Å². The second kappa shape index (κ2) is 3.53.